The van der Waals surface area contributed by atoms with Gasteiger partial charge in [-0.05, 0) is 64.8 Å². The van der Waals surface area contributed by atoms with Crippen LogP contribution < -0.4 is 21.7 Å². The number of hydrogen-bond acceptors (Lipinski definition) is 8. The fraction of sp³-hybridized carbons (Fsp3) is 0.333. The summed E-state index contributed by atoms with van der Waals surface area (Å²) in [6.07, 6.45) is 3.53. The minimum absolute atomic E-state index is 0.136. The number of allylic oxidation sites excluding steroid dienone is 1. The first-order chi connectivity index (χ1) is 19.4. The lowest BCUT2D eigenvalue weighted by molar-refractivity contribution is -0.117. The van der Waals surface area contributed by atoms with Gasteiger partial charge in [0.1, 0.15) is 17.4 Å². The largest absolute Gasteiger partial charge is 0.423 e. The molecular weight excluding hydrogens is 545 g/mol. The highest BCUT2D eigenvalue weighted by Crippen LogP contribution is 2.35. The van der Waals surface area contributed by atoms with Crippen LogP contribution in [0, 0.1) is 12.7 Å². The number of hydrogen-bond donors (Lipinski definition) is 4. The maximum Gasteiger partial charge on any atom is 0.302 e. The minimum Gasteiger partial charge on any atom is -0.423 e. The number of guanidine groups is 1. The van der Waals surface area contributed by atoms with Crippen LogP contribution >= 0.6 is 11.6 Å². The number of nitrogens with two attached hydrogens (primary N) is 1. The van der Waals surface area contributed by atoms with E-state index in [0.29, 0.717) is 56.5 Å². The number of aromatic nitrogens is 1. The van der Waals surface area contributed by atoms with Crippen molar-refractivity contribution in [2.45, 2.75) is 59.5 Å². The van der Waals surface area contributed by atoms with E-state index in [1.807, 2.05) is 52.8 Å². The number of carbonyl (C=O) groups excluding carboxylic acids is 1. The fourth-order valence-corrected chi connectivity index (χ4v) is 4.66. The van der Waals surface area contributed by atoms with Crippen molar-refractivity contribution in [3.8, 4) is 0 Å². The molecule has 2 heterocycles. The zero-order valence-corrected chi connectivity index (χ0v) is 24.8. The number of rotatable bonds is 7. The second-order valence-electron chi connectivity index (χ2n) is 10.8. The lowest BCUT2D eigenvalue weighted by atomic mass is 9.95. The summed E-state index contributed by atoms with van der Waals surface area (Å²) in [6.45, 7) is 11.6. The average molecular weight is 580 g/mol. The molecule has 5 N–H and O–H groups in total. The Bertz CT molecular complexity index is 1600. The Labute approximate surface area is 243 Å². The normalized spacial score (nSPS) is 16.2. The molecule has 2 aromatic carbocycles. The molecule has 0 spiro atoms. The van der Waals surface area contributed by atoms with Crippen molar-refractivity contribution in [3.05, 3.63) is 80.9 Å². The molecule has 4 rings (SSSR count). The van der Waals surface area contributed by atoms with Gasteiger partial charge in [-0.2, -0.15) is 4.98 Å². The number of nitrogens with zero attached hydrogens (tertiary/aromatic N) is 3. The molecule has 0 radical (unpaired) electrons. The molecule has 1 amide bonds. The van der Waals surface area contributed by atoms with Gasteiger partial charge in [0.05, 0.1) is 11.1 Å². The summed E-state index contributed by atoms with van der Waals surface area (Å²) in [5, 5.41) is 9.57. The van der Waals surface area contributed by atoms with E-state index in [0.717, 1.165) is 5.56 Å². The maximum atomic E-state index is 14.3. The number of carbonyl (C=O) groups is 1. The number of aryl methyl sites for hydroxylation is 2. The molecule has 1 aliphatic heterocycles. The molecule has 1 aromatic heterocycles. The molecule has 0 bridgehead atoms. The quantitative estimate of drug-likeness (QED) is 0.265. The molecule has 0 saturated heterocycles. The van der Waals surface area contributed by atoms with E-state index in [1.165, 1.54) is 12.3 Å². The highest BCUT2D eigenvalue weighted by Gasteiger charge is 2.31. The third-order valence-electron chi connectivity index (χ3n) is 6.40. The predicted octanol–water partition coefficient (Wildman–Crippen LogP) is 5.71. The standard InChI is InChI=1S/C30H35ClFN7O2/c1-7-19-22(32)10-11-23-26(19)41-29(37-23)39-28-36-17(3)24(25(38-28)20-9-8-16(2)12-21(20)31)27(40)34-14-18(13-33)15-35-30(4,5)6/h8-13,15,25H,7,14,33H2,1-6H3,(H,34,40)(H2,36,37,38,39). The Kier molecular flexibility index (Phi) is 8.82. The molecule has 216 valence electrons. The number of aliphatic imine (C=N–C) groups is 2. The van der Waals surface area contributed by atoms with E-state index in [1.54, 1.807) is 19.2 Å². The lowest BCUT2D eigenvalue weighted by Gasteiger charge is -2.27. The number of amides is 1. The van der Waals surface area contributed by atoms with Crippen LogP contribution in [0.2, 0.25) is 5.02 Å². The van der Waals surface area contributed by atoms with Crippen LogP contribution in [0.5, 0.6) is 0 Å². The van der Waals surface area contributed by atoms with Gasteiger partial charge >= 0.3 is 6.01 Å². The molecule has 11 heteroatoms. The summed E-state index contributed by atoms with van der Waals surface area (Å²) in [6, 6.07) is 7.92. The fourth-order valence-electron chi connectivity index (χ4n) is 4.32. The Morgan fingerprint density at radius 1 is 1.27 bits per heavy atom. The van der Waals surface area contributed by atoms with E-state index in [4.69, 9.17) is 26.7 Å². The maximum absolute atomic E-state index is 14.3. The van der Waals surface area contributed by atoms with Crippen molar-refractivity contribution in [2.24, 2.45) is 15.7 Å². The zero-order chi connectivity index (χ0) is 29.9. The van der Waals surface area contributed by atoms with E-state index in [2.05, 4.69) is 25.9 Å². The molecule has 1 atom stereocenters. The molecule has 0 fully saturated rings. The van der Waals surface area contributed by atoms with Gasteiger partial charge in [0.25, 0.3) is 5.91 Å². The van der Waals surface area contributed by atoms with Crippen LogP contribution in [0.15, 0.2) is 67.8 Å². The summed E-state index contributed by atoms with van der Waals surface area (Å²) >= 11 is 6.65. The van der Waals surface area contributed by atoms with Crippen LogP contribution in [-0.2, 0) is 11.2 Å². The summed E-state index contributed by atoms with van der Waals surface area (Å²) in [4.78, 5) is 27.2. The van der Waals surface area contributed by atoms with Gasteiger partial charge < -0.3 is 20.8 Å². The van der Waals surface area contributed by atoms with Gasteiger partial charge in [0.2, 0.25) is 5.96 Å². The van der Waals surface area contributed by atoms with Crippen LogP contribution in [0.3, 0.4) is 0 Å². The zero-order valence-electron chi connectivity index (χ0n) is 24.0. The predicted molar refractivity (Wildman–Crippen MR) is 163 cm³/mol. The van der Waals surface area contributed by atoms with Crippen molar-refractivity contribution < 1.29 is 13.6 Å². The van der Waals surface area contributed by atoms with Crippen molar-refractivity contribution >= 4 is 46.8 Å². The van der Waals surface area contributed by atoms with Crippen molar-refractivity contribution in [2.75, 3.05) is 11.9 Å². The highest BCUT2D eigenvalue weighted by molar-refractivity contribution is 6.31. The van der Waals surface area contributed by atoms with Crippen LogP contribution in [-0.4, -0.2) is 35.1 Å². The number of anilines is 1. The van der Waals surface area contributed by atoms with E-state index < -0.39 is 6.04 Å². The minimum atomic E-state index is -0.742. The highest BCUT2D eigenvalue weighted by atomic mass is 35.5. The van der Waals surface area contributed by atoms with Gasteiger partial charge in [0, 0.05) is 46.4 Å². The van der Waals surface area contributed by atoms with Crippen molar-refractivity contribution in [1.29, 1.82) is 0 Å². The van der Waals surface area contributed by atoms with E-state index in [-0.39, 0.29) is 29.8 Å². The molecular formula is C30H35ClFN7O2. The number of nitrogens with one attached hydrogen (secondary N) is 3. The molecule has 1 unspecified atom stereocenters. The van der Waals surface area contributed by atoms with Gasteiger partial charge in [-0.25, -0.2) is 9.38 Å². The smallest absolute Gasteiger partial charge is 0.302 e. The molecule has 9 nitrogen and oxygen atoms in total. The average Bonchev–Trinajstić information content (AvgIpc) is 3.30. The topological polar surface area (TPSA) is 130 Å². The number of benzene rings is 2. The van der Waals surface area contributed by atoms with Crippen molar-refractivity contribution in [1.82, 2.24) is 15.6 Å². The molecule has 3 aromatic rings. The second-order valence-corrected chi connectivity index (χ2v) is 11.2. The third kappa shape index (κ3) is 6.94. The van der Waals surface area contributed by atoms with Gasteiger partial charge in [-0.15, -0.1) is 0 Å². The van der Waals surface area contributed by atoms with Gasteiger partial charge in [0.15, 0.2) is 5.58 Å². The van der Waals surface area contributed by atoms with Gasteiger partial charge in [-0.3, -0.25) is 15.1 Å². The first-order valence-corrected chi connectivity index (χ1v) is 13.7. The summed E-state index contributed by atoms with van der Waals surface area (Å²) < 4.78 is 20.1. The molecule has 41 heavy (non-hydrogen) atoms. The van der Waals surface area contributed by atoms with E-state index in [9.17, 15) is 9.18 Å². The first kappa shape index (κ1) is 29.8. The number of oxazole rings is 1. The molecule has 1 aliphatic rings. The van der Waals surface area contributed by atoms with E-state index >= 15 is 0 Å². The summed E-state index contributed by atoms with van der Waals surface area (Å²) in [7, 11) is 0. The Hall–Kier alpha value is -4.18. The summed E-state index contributed by atoms with van der Waals surface area (Å²) in [5.74, 6) is -0.393. The molecule has 0 aliphatic carbocycles. The van der Waals surface area contributed by atoms with Gasteiger partial charge in [-0.1, -0.05) is 30.7 Å². The summed E-state index contributed by atoms with van der Waals surface area (Å²) in [5.41, 5.74) is 10.1. The lowest BCUT2D eigenvalue weighted by Crippen LogP contribution is -2.39. The monoisotopic (exact) mass is 579 g/mol. The number of halogens is 2. The van der Waals surface area contributed by atoms with Crippen LogP contribution in [0.4, 0.5) is 10.4 Å². The second kappa shape index (κ2) is 12.1. The Morgan fingerprint density at radius 3 is 2.68 bits per heavy atom. The van der Waals surface area contributed by atoms with Crippen molar-refractivity contribution in [3.63, 3.8) is 0 Å². The van der Waals surface area contributed by atoms with Crippen LogP contribution in [0.1, 0.15) is 57.4 Å². The first-order valence-electron chi connectivity index (χ1n) is 13.3. The third-order valence-corrected chi connectivity index (χ3v) is 6.73. The molecule has 0 saturated carbocycles. The Morgan fingerprint density at radius 2 is 2.02 bits per heavy atom. The Balaban J connectivity index is 1.65. The SMILES string of the molecule is CCc1c(F)ccc2nc(NC3=NC(c4ccc(C)cc4Cl)C(C(=O)NCC(C=NC(C)(C)C)=CN)=C(C)N3)oc12. The number of fused-ring (bicyclic) bond motifs is 1. The van der Waals surface area contributed by atoms with Crippen LogP contribution in [0.25, 0.3) is 11.1 Å².